The van der Waals surface area contributed by atoms with Crippen molar-refractivity contribution in [1.29, 1.82) is 0 Å². The maximum absolute atomic E-state index is 11.7. The van der Waals surface area contributed by atoms with Crippen LogP contribution < -0.4 is 10.4 Å². The van der Waals surface area contributed by atoms with Crippen LogP contribution in [0.5, 0.6) is 0 Å². The van der Waals surface area contributed by atoms with Crippen molar-refractivity contribution in [3.05, 3.63) is 29.8 Å². The Labute approximate surface area is 135 Å². The van der Waals surface area contributed by atoms with Crippen LogP contribution >= 0.6 is 7.75 Å². The Morgan fingerprint density at radius 3 is 2.26 bits per heavy atom. The molecule has 9 heteroatoms. The zero-order valence-electron chi connectivity index (χ0n) is 13.3. The highest BCUT2D eigenvalue weighted by atomic mass is 31.2. The first-order valence-corrected chi connectivity index (χ1v) is 8.56. The quantitative estimate of drug-likeness (QED) is 0.426. The minimum absolute atomic E-state index is 0.376. The normalized spacial score (nSPS) is 10.9. The number of hydrogen-bond acceptors (Lipinski definition) is 6. The number of carbonyl (C=O) groups is 2. The lowest BCUT2D eigenvalue weighted by Gasteiger charge is -2.15. The molecule has 0 aromatic heterocycles. The molecule has 0 saturated heterocycles. The van der Waals surface area contributed by atoms with Crippen LogP contribution in [0.15, 0.2) is 24.3 Å². The average Bonchev–Trinajstić information content (AvgIpc) is 2.55. The summed E-state index contributed by atoms with van der Waals surface area (Å²) >= 11 is 0. The molecule has 0 spiro atoms. The van der Waals surface area contributed by atoms with Gasteiger partial charge in [0.1, 0.15) is 0 Å². The fraction of sp³-hybridized carbons (Fsp3) is 0.429. The summed E-state index contributed by atoms with van der Waals surface area (Å²) in [7, 11) is -1.34. The lowest BCUT2D eigenvalue weighted by Crippen LogP contribution is -2.27. The van der Waals surface area contributed by atoms with Gasteiger partial charge in [0.05, 0.1) is 12.2 Å². The van der Waals surface area contributed by atoms with Gasteiger partial charge in [-0.25, -0.2) is 19.2 Å². The van der Waals surface area contributed by atoms with Gasteiger partial charge in [0.15, 0.2) is 0 Å². The molecular formula is C14H21N2O6P. The molecule has 0 radical (unpaired) electrons. The number of ether oxygens (including phenoxy) is 1. The largest absolute Gasteiger partial charge is 0.462 e. The van der Waals surface area contributed by atoms with Gasteiger partial charge in [0, 0.05) is 19.9 Å². The highest BCUT2D eigenvalue weighted by molar-refractivity contribution is 7.52. The third-order valence-corrected chi connectivity index (χ3v) is 4.27. The van der Waals surface area contributed by atoms with E-state index in [1.54, 1.807) is 0 Å². The maximum Gasteiger partial charge on any atom is 0.435 e. The molecule has 0 aliphatic rings. The Morgan fingerprint density at radius 2 is 1.74 bits per heavy atom. The lowest BCUT2D eigenvalue weighted by molar-refractivity contribution is 0.0499. The van der Waals surface area contributed by atoms with Crippen LogP contribution in [0.25, 0.3) is 0 Å². The van der Waals surface area contributed by atoms with Crippen molar-refractivity contribution in [3.8, 4) is 0 Å². The lowest BCUT2D eigenvalue weighted by atomic mass is 10.2. The van der Waals surface area contributed by atoms with Gasteiger partial charge in [-0.05, 0) is 30.7 Å². The second-order valence-corrected chi connectivity index (χ2v) is 6.44. The molecule has 0 bridgehead atoms. The predicted octanol–water partition coefficient (Wildman–Crippen LogP) is 3.17. The number of hydrogen-bond donors (Lipinski definition) is 2. The third kappa shape index (κ3) is 6.40. The molecule has 2 amide bonds. The van der Waals surface area contributed by atoms with E-state index in [9.17, 15) is 14.2 Å². The van der Waals surface area contributed by atoms with Crippen molar-refractivity contribution in [2.75, 3.05) is 26.1 Å². The summed E-state index contributed by atoms with van der Waals surface area (Å²) in [6, 6.07) is 5.35. The number of anilines is 1. The zero-order chi connectivity index (χ0) is 17.3. The first kappa shape index (κ1) is 19.2. The van der Waals surface area contributed by atoms with Crippen LogP contribution in [0.3, 0.4) is 0 Å². The summed E-state index contributed by atoms with van der Waals surface area (Å²) in [5.41, 5.74) is 0.790. The van der Waals surface area contributed by atoms with Crippen LogP contribution in [0, 0.1) is 0 Å². The van der Waals surface area contributed by atoms with Crippen LogP contribution in [0.2, 0.25) is 0 Å². The van der Waals surface area contributed by atoms with Crippen LogP contribution in [0.1, 0.15) is 30.1 Å². The fourth-order valence-corrected chi connectivity index (χ4v) is 2.17. The molecule has 1 rings (SSSR count). The summed E-state index contributed by atoms with van der Waals surface area (Å²) in [5.74, 6) is -0.419. The Morgan fingerprint density at radius 1 is 1.13 bits per heavy atom. The average molecular weight is 344 g/mol. The maximum atomic E-state index is 11.7. The molecule has 0 aliphatic heterocycles. The van der Waals surface area contributed by atoms with Gasteiger partial charge in [-0.2, -0.15) is 0 Å². The van der Waals surface area contributed by atoms with Crippen molar-refractivity contribution in [1.82, 2.24) is 5.09 Å². The SMILES string of the molecule is CCCCOC(=O)c1ccc(NC(=O)NP(=O)(OC)OC)cc1. The Balaban J connectivity index is 2.58. The Bertz CT molecular complexity index is 567. The second-order valence-electron chi connectivity index (χ2n) is 4.50. The monoisotopic (exact) mass is 344 g/mol. The van der Waals surface area contributed by atoms with E-state index in [4.69, 9.17) is 4.74 Å². The molecule has 23 heavy (non-hydrogen) atoms. The number of amides is 2. The summed E-state index contributed by atoms with van der Waals surface area (Å²) in [5, 5.41) is 4.53. The minimum atomic E-state index is -3.65. The van der Waals surface area contributed by atoms with E-state index in [2.05, 4.69) is 19.5 Å². The minimum Gasteiger partial charge on any atom is -0.462 e. The standard InChI is InChI=1S/C14H21N2O6P/c1-4-5-10-22-13(17)11-6-8-12(9-7-11)15-14(18)16-23(19,20-2)21-3/h6-9H,4-5,10H2,1-3H3,(H2,15,16,18,19). The molecule has 0 saturated carbocycles. The molecule has 2 N–H and O–H groups in total. The molecular weight excluding hydrogens is 323 g/mol. The van der Waals surface area contributed by atoms with Crippen molar-refractivity contribution >= 4 is 25.4 Å². The Kier molecular flexibility index (Phi) is 7.74. The molecule has 1 aromatic carbocycles. The Hall–Kier alpha value is -1.89. The van der Waals surface area contributed by atoms with Gasteiger partial charge in [-0.1, -0.05) is 13.3 Å². The van der Waals surface area contributed by atoms with Gasteiger partial charge in [0.25, 0.3) is 0 Å². The van der Waals surface area contributed by atoms with Crippen molar-refractivity contribution in [2.45, 2.75) is 19.8 Å². The molecule has 1 aromatic rings. The number of urea groups is 1. The summed E-state index contributed by atoms with van der Waals surface area (Å²) < 4.78 is 26.0. The first-order valence-electron chi connectivity index (χ1n) is 7.02. The van der Waals surface area contributed by atoms with E-state index in [0.717, 1.165) is 27.1 Å². The van der Waals surface area contributed by atoms with E-state index in [1.807, 2.05) is 6.92 Å². The zero-order valence-corrected chi connectivity index (χ0v) is 14.2. The van der Waals surface area contributed by atoms with E-state index in [0.29, 0.717) is 17.9 Å². The van der Waals surface area contributed by atoms with E-state index in [-0.39, 0.29) is 0 Å². The predicted molar refractivity (Wildman–Crippen MR) is 85.4 cm³/mol. The van der Waals surface area contributed by atoms with Gasteiger partial charge >= 0.3 is 19.7 Å². The number of unbranched alkanes of at least 4 members (excludes halogenated alkanes) is 1. The topological polar surface area (TPSA) is 103 Å². The molecule has 0 atom stereocenters. The van der Waals surface area contributed by atoms with E-state index < -0.39 is 19.7 Å². The van der Waals surface area contributed by atoms with Gasteiger partial charge in [0.2, 0.25) is 0 Å². The number of rotatable bonds is 8. The summed E-state index contributed by atoms with van der Waals surface area (Å²) in [6.45, 7) is 2.38. The van der Waals surface area contributed by atoms with Crippen molar-refractivity contribution in [2.24, 2.45) is 0 Å². The smallest absolute Gasteiger partial charge is 0.435 e. The summed E-state index contributed by atoms with van der Waals surface area (Å²) in [4.78, 5) is 23.4. The number of carbonyl (C=O) groups excluding carboxylic acids is 2. The van der Waals surface area contributed by atoms with E-state index >= 15 is 0 Å². The van der Waals surface area contributed by atoms with Crippen LogP contribution in [-0.2, 0) is 18.3 Å². The number of benzene rings is 1. The molecule has 0 unspecified atom stereocenters. The number of esters is 1. The highest BCUT2D eigenvalue weighted by Gasteiger charge is 2.24. The molecule has 0 heterocycles. The van der Waals surface area contributed by atoms with Gasteiger partial charge < -0.3 is 10.1 Å². The van der Waals surface area contributed by atoms with Gasteiger partial charge in [-0.3, -0.25) is 9.05 Å². The van der Waals surface area contributed by atoms with Gasteiger partial charge in [-0.15, -0.1) is 0 Å². The van der Waals surface area contributed by atoms with Crippen LogP contribution in [-0.4, -0.2) is 32.8 Å². The van der Waals surface area contributed by atoms with Crippen molar-refractivity contribution < 1.29 is 27.9 Å². The highest BCUT2D eigenvalue weighted by Crippen LogP contribution is 2.41. The molecule has 0 fully saturated rings. The van der Waals surface area contributed by atoms with Crippen molar-refractivity contribution in [3.63, 3.8) is 0 Å². The third-order valence-electron chi connectivity index (χ3n) is 2.83. The molecule has 128 valence electrons. The first-order chi connectivity index (χ1) is 10.9. The number of nitrogens with one attached hydrogen (secondary N) is 2. The molecule has 0 aliphatic carbocycles. The summed E-state index contributed by atoms with van der Waals surface area (Å²) in [6.07, 6.45) is 1.75. The fourth-order valence-electron chi connectivity index (χ4n) is 1.53. The molecule has 8 nitrogen and oxygen atoms in total. The van der Waals surface area contributed by atoms with Crippen LogP contribution in [0.4, 0.5) is 10.5 Å². The second kappa shape index (κ2) is 9.29. The van der Waals surface area contributed by atoms with E-state index in [1.165, 1.54) is 24.3 Å².